The van der Waals surface area contributed by atoms with E-state index in [-0.39, 0.29) is 0 Å². The van der Waals surface area contributed by atoms with Crippen LogP contribution in [0.1, 0.15) is 0 Å². The van der Waals surface area contributed by atoms with Gasteiger partial charge in [-0.2, -0.15) is 0 Å². The summed E-state index contributed by atoms with van der Waals surface area (Å²) >= 11 is 1.76. The maximum Gasteiger partial charge on any atom is 0.139 e. The van der Waals surface area contributed by atoms with Gasteiger partial charge < -0.3 is 9.13 Å². The van der Waals surface area contributed by atoms with Gasteiger partial charge in [0.2, 0.25) is 0 Å². The first-order valence-corrected chi connectivity index (χ1v) is 18.5. The maximum atomic E-state index is 5.25. The third-order valence-electron chi connectivity index (χ3n) is 10.9. The van der Waals surface area contributed by atoms with Crippen LogP contribution in [0.5, 0.6) is 0 Å². The van der Waals surface area contributed by atoms with Gasteiger partial charge in [-0.05, 0) is 78.9 Å². The van der Waals surface area contributed by atoms with Gasteiger partial charge in [-0.25, -0.2) is 4.98 Å². The highest BCUT2D eigenvalue weighted by molar-refractivity contribution is 7.25. The fourth-order valence-corrected chi connectivity index (χ4v) is 9.72. The van der Waals surface area contributed by atoms with Crippen molar-refractivity contribution >= 4 is 97.1 Å². The van der Waals surface area contributed by atoms with Gasteiger partial charge in [-0.15, -0.1) is 11.3 Å². The predicted molar refractivity (Wildman–Crippen MR) is 220 cm³/mol. The van der Waals surface area contributed by atoms with Gasteiger partial charge in [-0.3, -0.25) is 4.57 Å². The molecule has 0 aliphatic carbocycles. The molecule has 242 valence electrons. The summed E-state index contributed by atoms with van der Waals surface area (Å²) in [5.74, 6) is 0.937. The number of rotatable bonds is 3. The number of aromatic nitrogens is 4. The maximum absolute atomic E-state index is 5.25. The number of hydrogen-bond donors (Lipinski definition) is 0. The van der Waals surface area contributed by atoms with Gasteiger partial charge in [0.05, 0.1) is 33.1 Å². The highest BCUT2D eigenvalue weighted by Crippen LogP contribution is 2.40. The average Bonchev–Trinajstić information content (AvgIpc) is 3.93. The highest BCUT2D eigenvalue weighted by atomic mass is 32.1. The van der Waals surface area contributed by atoms with Crippen molar-refractivity contribution in [2.75, 3.05) is 0 Å². The molecule has 0 unspecified atom stereocenters. The van der Waals surface area contributed by atoms with Crippen LogP contribution in [-0.2, 0) is 0 Å². The molecule has 12 aromatic rings. The smallest absolute Gasteiger partial charge is 0.139 e. The Morgan fingerprint density at radius 3 is 1.31 bits per heavy atom. The molecular weight excluding hydrogens is 653 g/mol. The molecule has 5 heteroatoms. The molecule has 0 amide bonds. The Bertz CT molecular complexity index is 3370. The first-order chi connectivity index (χ1) is 25.8. The van der Waals surface area contributed by atoms with Gasteiger partial charge >= 0.3 is 0 Å². The Labute approximate surface area is 301 Å². The monoisotopic (exact) mass is 680 g/mol. The number of hydrogen-bond acceptors (Lipinski definition) is 2. The van der Waals surface area contributed by atoms with Crippen LogP contribution in [0.2, 0.25) is 0 Å². The molecule has 12 rings (SSSR count). The molecule has 0 aliphatic heterocycles. The van der Waals surface area contributed by atoms with Crippen LogP contribution in [0.15, 0.2) is 170 Å². The number of benzene rings is 7. The van der Waals surface area contributed by atoms with E-state index in [1.165, 1.54) is 69.9 Å². The lowest BCUT2D eigenvalue weighted by Gasteiger charge is -2.11. The Morgan fingerprint density at radius 1 is 0.327 bits per heavy atom. The molecular formula is C47H28N4S. The van der Waals surface area contributed by atoms with Crippen molar-refractivity contribution in [1.29, 1.82) is 0 Å². The van der Waals surface area contributed by atoms with Crippen molar-refractivity contribution < 1.29 is 0 Å². The fourth-order valence-electron chi connectivity index (χ4n) is 8.65. The summed E-state index contributed by atoms with van der Waals surface area (Å²) in [6.07, 6.45) is 0. The van der Waals surface area contributed by atoms with Crippen LogP contribution >= 0.6 is 11.3 Å². The summed E-state index contributed by atoms with van der Waals surface area (Å²) < 4.78 is 8.42. The second-order valence-corrected chi connectivity index (χ2v) is 14.6. The molecule has 7 aromatic carbocycles. The van der Waals surface area contributed by atoms with Crippen molar-refractivity contribution in [1.82, 2.24) is 18.7 Å². The van der Waals surface area contributed by atoms with Gasteiger partial charge in [0.1, 0.15) is 10.6 Å². The van der Waals surface area contributed by atoms with Crippen LogP contribution in [-0.4, -0.2) is 18.7 Å². The molecule has 0 saturated heterocycles. The minimum atomic E-state index is 0.937. The summed E-state index contributed by atoms with van der Waals surface area (Å²) in [5, 5.41) is 9.91. The molecule has 52 heavy (non-hydrogen) atoms. The van der Waals surface area contributed by atoms with Crippen molar-refractivity contribution in [2.45, 2.75) is 0 Å². The molecule has 0 fully saturated rings. The fraction of sp³-hybridized carbons (Fsp3) is 0. The third-order valence-corrected chi connectivity index (χ3v) is 11.9. The topological polar surface area (TPSA) is 27.7 Å². The van der Waals surface area contributed by atoms with Crippen LogP contribution in [0, 0.1) is 0 Å². The number of thiophene rings is 1. The number of para-hydroxylation sites is 4. The van der Waals surface area contributed by atoms with Gasteiger partial charge in [0.25, 0.3) is 0 Å². The van der Waals surface area contributed by atoms with Gasteiger partial charge in [0.15, 0.2) is 0 Å². The van der Waals surface area contributed by atoms with E-state index in [4.69, 9.17) is 4.98 Å². The standard InChI is InChI=1S/C47H28N4S/c1-6-16-39-31(11-1)32-12-2-7-17-40(32)49(39)29-21-24-43-37(27-29)33-13-3-8-18-41(33)50(43)30-22-25-44-38(28-30)34-14-4-9-19-42(34)51(44)46-26-23-36-35-15-5-10-20-45(35)52-47(36)48-46/h1-28H. The summed E-state index contributed by atoms with van der Waals surface area (Å²) in [6.45, 7) is 0. The molecule has 0 radical (unpaired) electrons. The van der Waals surface area contributed by atoms with E-state index >= 15 is 0 Å². The van der Waals surface area contributed by atoms with Crippen molar-refractivity contribution in [3.63, 3.8) is 0 Å². The number of pyridine rings is 1. The summed E-state index contributed by atoms with van der Waals surface area (Å²) in [7, 11) is 0. The lowest BCUT2D eigenvalue weighted by atomic mass is 10.1. The molecule has 0 bridgehead atoms. The Kier molecular flexibility index (Phi) is 5.62. The molecule has 0 aliphatic rings. The second kappa shape index (κ2) is 10.4. The zero-order chi connectivity index (χ0) is 33.9. The zero-order valence-electron chi connectivity index (χ0n) is 27.9. The summed E-state index contributed by atoms with van der Waals surface area (Å²) in [6, 6.07) is 61.8. The molecule has 0 N–H and O–H groups in total. The minimum Gasteiger partial charge on any atom is -0.309 e. The second-order valence-electron chi connectivity index (χ2n) is 13.6. The zero-order valence-corrected chi connectivity index (χ0v) is 28.7. The molecule has 0 atom stereocenters. The SMILES string of the molecule is c1ccc2c(c1)sc1nc(-n3c4ccccc4c4cc(-n5c6ccccc6c6cc(-n7c8ccccc8c8ccccc87)ccc65)ccc43)ccc12. The summed E-state index contributed by atoms with van der Waals surface area (Å²) in [5.41, 5.74) is 9.41. The van der Waals surface area contributed by atoms with Gasteiger partial charge in [-0.1, -0.05) is 91.0 Å². The van der Waals surface area contributed by atoms with E-state index in [1.807, 2.05) is 0 Å². The number of fused-ring (bicyclic) bond motifs is 12. The van der Waals surface area contributed by atoms with Crippen LogP contribution in [0.3, 0.4) is 0 Å². The summed E-state index contributed by atoms with van der Waals surface area (Å²) in [4.78, 5) is 6.31. The van der Waals surface area contributed by atoms with Crippen LogP contribution in [0.25, 0.3) is 103 Å². The van der Waals surface area contributed by atoms with Crippen molar-refractivity contribution in [3.8, 4) is 17.2 Å². The average molecular weight is 681 g/mol. The van der Waals surface area contributed by atoms with Crippen LogP contribution in [0.4, 0.5) is 0 Å². The minimum absolute atomic E-state index is 0.937. The van der Waals surface area contributed by atoms with Crippen molar-refractivity contribution in [3.05, 3.63) is 170 Å². The van der Waals surface area contributed by atoms with Gasteiger partial charge in [0, 0.05) is 59.2 Å². The molecule has 4 nitrogen and oxygen atoms in total. The van der Waals surface area contributed by atoms with E-state index in [0.29, 0.717) is 0 Å². The first-order valence-electron chi connectivity index (χ1n) is 17.6. The van der Waals surface area contributed by atoms with E-state index in [2.05, 4.69) is 184 Å². The Morgan fingerprint density at radius 2 is 0.750 bits per heavy atom. The Balaban J connectivity index is 1.08. The predicted octanol–water partition coefficient (Wildman–Crippen LogP) is 12.7. The number of nitrogens with zero attached hydrogens (tertiary/aromatic N) is 4. The molecule has 0 saturated carbocycles. The first kappa shape index (κ1) is 28.1. The molecule has 5 heterocycles. The Hall–Kier alpha value is -6.69. The normalized spacial score (nSPS) is 12.2. The van der Waals surface area contributed by atoms with E-state index in [0.717, 1.165) is 33.1 Å². The highest BCUT2D eigenvalue weighted by Gasteiger charge is 2.19. The lowest BCUT2D eigenvalue weighted by Crippen LogP contribution is -1.98. The third kappa shape index (κ3) is 3.78. The largest absolute Gasteiger partial charge is 0.309 e. The lowest BCUT2D eigenvalue weighted by molar-refractivity contribution is 1.10. The van der Waals surface area contributed by atoms with E-state index in [1.54, 1.807) is 11.3 Å². The van der Waals surface area contributed by atoms with Crippen LogP contribution < -0.4 is 0 Å². The quantitative estimate of drug-likeness (QED) is 0.182. The van der Waals surface area contributed by atoms with E-state index in [9.17, 15) is 0 Å². The molecule has 5 aromatic heterocycles. The van der Waals surface area contributed by atoms with E-state index < -0.39 is 0 Å². The molecule has 0 spiro atoms. The van der Waals surface area contributed by atoms with Crippen molar-refractivity contribution in [2.24, 2.45) is 0 Å².